The number of nitrogens with one attached hydrogen (secondary N) is 2. The summed E-state index contributed by atoms with van der Waals surface area (Å²) >= 11 is 0. The Morgan fingerprint density at radius 1 is 1.02 bits per heavy atom. The van der Waals surface area contributed by atoms with Crippen molar-refractivity contribution in [3.63, 3.8) is 0 Å². The van der Waals surface area contributed by atoms with Gasteiger partial charge in [-0.3, -0.25) is 14.5 Å². The second-order valence-corrected chi connectivity index (χ2v) is 14.1. The normalized spacial score (nSPS) is 31.0. The van der Waals surface area contributed by atoms with Crippen LogP contribution < -0.4 is 10.6 Å². The molecule has 8 rings (SSSR count). The van der Waals surface area contributed by atoms with Crippen LogP contribution in [0.3, 0.4) is 0 Å². The zero-order valence-corrected chi connectivity index (χ0v) is 24.9. The Bertz CT molecular complexity index is 1350. The van der Waals surface area contributed by atoms with Crippen molar-refractivity contribution in [2.45, 2.75) is 82.1 Å². The molecule has 0 radical (unpaired) electrons. The molecule has 3 heterocycles. The number of aliphatic hydroxyl groups excluding tert-OH is 1. The number of β-amino-alcohol motifs (C(OH)–C–C–N with tert-alkyl or cyclic N) is 1. The highest BCUT2D eigenvalue weighted by atomic mass is 16.3. The summed E-state index contributed by atoms with van der Waals surface area (Å²) in [5, 5.41) is 28.0. The highest BCUT2D eigenvalue weighted by Crippen LogP contribution is 2.62. The van der Waals surface area contributed by atoms with Crippen LogP contribution in [-0.4, -0.2) is 92.3 Å². The van der Waals surface area contributed by atoms with Gasteiger partial charge >= 0.3 is 0 Å². The number of amides is 2. The van der Waals surface area contributed by atoms with Crippen LogP contribution in [-0.2, 0) is 17.8 Å². The molecule has 4 saturated carbocycles. The lowest BCUT2D eigenvalue weighted by Gasteiger charge is -2.60. The number of piperidine rings is 1. The minimum absolute atomic E-state index is 0.145. The van der Waals surface area contributed by atoms with Crippen molar-refractivity contribution in [3.8, 4) is 0 Å². The summed E-state index contributed by atoms with van der Waals surface area (Å²) in [5.41, 5.74) is 1.93. The lowest BCUT2D eigenvalue weighted by molar-refractivity contribution is -0.186. The molecule has 0 spiro atoms. The molecule has 4 bridgehead atoms. The molecule has 3 atom stereocenters. The Kier molecular flexibility index (Phi) is 7.63. The molecule has 5 fully saturated rings. The number of anilines is 1. The predicted octanol–water partition coefficient (Wildman–Crippen LogP) is 2.36. The predicted molar refractivity (Wildman–Crippen MR) is 161 cm³/mol. The highest BCUT2D eigenvalue weighted by molar-refractivity contribution is 5.92. The summed E-state index contributed by atoms with van der Waals surface area (Å²) in [6, 6.07) is 10.2. The molecule has 43 heavy (non-hydrogen) atoms. The first-order valence-electron chi connectivity index (χ1n) is 16.1. The van der Waals surface area contributed by atoms with Crippen molar-refractivity contribution in [2.75, 3.05) is 38.0 Å². The lowest BCUT2D eigenvalue weighted by atomic mass is 9.47. The Morgan fingerprint density at radius 2 is 1.77 bits per heavy atom. The van der Waals surface area contributed by atoms with E-state index < -0.39 is 11.7 Å². The van der Waals surface area contributed by atoms with Crippen molar-refractivity contribution in [3.05, 3.63) is 53.5 Å². The largest absolute Gasteiger partial charge is 0.390 e. The molecule has 1 saturated heterocycles. The van der Waals surface area contributed by atoms with Gasteiger partial charge in [0.2, 0.25) is 5.91 Å². The smallest absolute Gasteiger partial charge is 0.270 e. The van der Waals surface area contributed by atoms with Gasteiger partial charge in [0.1, 0.15) is 17.8 Å². The van der Waals surface area contributed by atoms with Crippen LogP contribution in [0, 0.1) is 17.3 Å². The summed E-state index contributed by atoms with van der Waals surface area (Å²) in [4.78, 5) is 39.3. The number of carbonyl (C=O) groups excluding carboxylic acids is 2. The quantitative estimate of drug-likeness (QED) is 0.370. The van der Waals surface area contributed by atoms with Crippen LogP contribution in [0.15, 0.2) is 36.7 Å². The topological polar surface area (TPSA) is 131 Å². The van der Waals surface area contributed by atoms with E-state index in [1.54, 1.807) is 6.07 Å². The Balaban J connectivity index is 0.875. The monoisotopic (exact) mass is 588 g/mol. The van der Waals surface area contributed by atoms with E-state index in [4.69, 9.17) is 0 Å². The summed E-state index contributed by atoms with van der Waals surface area (Å²) in [5.74, 6) is 1.49. The van der Waals surface area contributed by atoms with Gasteiger partial charge < -0.3 is 25.7 Å². The zero-order valence-electron chi connectivity index (χ0n) is 24.9. The molecule has 2 aliphatic heterocycles. The molecule has 4 N–H and O–H groups in total. The number of nitrogens with zero attached hydrogens (tertiary/aromatic N) is 4. The standard InChI is InChI=1S/C33H44N6O4/c40-27(19-38-8-5-24-3-1-2-4-25(24)18-38)17-34-30(41)28-12-29(36-21-35-28)37-26-6-9-39(10-7-26)31(42)32-13-22-11-23(14-32)16-33(43,15-22)20-32/h1-4,12,21-23,26-27,40,43H,5-11,13-20H2,(H,34,41)(H,35,36,37). The van der Waals surface area contributed by atoms with Crippen LogP contribution in [0.1, 0.15) is 73.0 Å². The summed E-state index contributed by atoms with van der Waals surface area (Å²) in [6.45, 7) is 3.71. The number of benzene rings is 1. The number of hydrogen-bond acceptors (Lipinski definition) is 8. The average Bonchev–Trinajstić information content (AvgIpc) is 2.99. The average molecular weight is 589 g/mol. The van der Waals surface area contributed by atoms with E-state index in [-0.39, 0.29) is 35.5 Å². The number of carbonyl (C=O) groups is 2. The first kappa shape index (κ1) is 28.7. The van der Waals surface area contributed by atoms with Crippen molar-refractivity contribution in [1.82, 2.24) is 25.1 Å². The molecule has 230 valence electrons. The molecule has 6 aliphatic rings. The van der Waals surface area contributed by atoms with Crippen LogP contribution in [0.5, 0.6) is 0 Å². The molecule has 1 aromatic heterocycles. The van der Waals surface area contributed by atoms with Gasteiger partial charge in [-0.05, 0) is 80.8 Å². The Hall–Kier alpha value is -3.08. The molecule has 4 aliphatic carbocycles. The van der Waals surface area contributed by atoms with E-state index in [1.165, 1.54) is 23.9 Å². The highest BCUT2D eigenvalue weighted by Gasteiger charge is 2.60. The maximum absolute atomic E-state index is 13.8. The third kappa shape index (κ3) is 6.01. The van der Waals surface area contributed by atoms with Gasteiger partial charge in [0.25, 0.3) is 5.91 Å². The van der Waals surface area contributed by atoms with Gasteiger partial charge in [-0.15, -0.1) is 0 Å². The second-order valence-electron chi connectivity index (χ2n) is 14.1. The van der Waals surface area contributed by atoms with Crippen LogP contribution in [0.2, 0.25) is 0 Å². The van der Waals surface area contributed by atoms with Crippen LogP contribution in [0.4, 0.5) is 5.82 Å². The van der Waals surface area contributed by atoms with Gasteiger partial charge in [0.05, 0.1) is 17.1 Å². The van der Waals surface area contributed by atoms with Gasteiger partial charge in [-0.25, -0.2) is 9.97 Å². The van der Waals surface area contributed by atoms with E-state index in [9.17, 15) is 19.8 Å². The van der Waals surface area contributed by atoms with Gasteiger partial charge in [-0.2, -0.15) is 0 Å². The van der Waals surface area contributed by atoms with Crippen LogP contribution in [0.25, 0.3) is 0 Å². The third-order valence-electron chi connectivity index (χ3n) is 10.7. The first-order valence-corrected chi connectivity index (χ1v) is 16.1. The molecule has 2 aromatic rings. The molecule has 10 nitrogen and oxygen atoms in total. The SMILES string of the molecule is O=C(NCC(O)CN1CCc2ccccc2C1)c1cc(NC2CCN(C(=O)C34CC5CC(CC(O)(C5)C3)C4)CC2)ncn1. The van der Waals surface area contributed by atoms with E-state index in [2.05, 4.69) is 43.7 Å². The summed E-state index contributed by atoms with van der Waals surface area (Å²) in [7, 11) is 0. The Labute approximate surface area is 253 Å². The number of aliphatic hydroxyl groups is 2. The summed E-state index contributed by atoms with van der Waals surface area (Å²) in [6.07, 6.45) is 8.73. The number of fused-ring (bicyclic) bond motifs is 1. The Morgan fingerprint density at radius 3 is 2.51 bits per heavy atom. The van der Waals surface area contributed by atoms with Crippen LogP contribution >= 0.6 is 0 Å². The van der Waals surface area contributed by atoms with E-state index in [0.29, 0.717) is 43.7 Å². The maximum Gasteiger partial charge on any atom is 0.270 e. The first-order chi connectivity index (χ1) is 20.8. The minimum Gasteiger partial charge on any atom is -0.390 e. The number of hydrogen-bond donors (Lipinski definition) is 4. The molecule has 10 heteroatoms. The molecule has 1 aromatic carbocycles. The number of aromatic nitrogens is 2. The second kappa shape index (κ2) is 11.4. The number of likely N-dealkylation sites (tertiary alicyclic amines) is 1. The third-order valence-corrected chi connectivity index (χ3v) is 10.7. The minimum atomic E-state index is -0.678. The van der Waals surface area contributed by atoms with Gasteiger partial charge in [0.15, 0.2) is 0 Å². The maximum atomic E-state index is 13.8. The number of rotatable bonds is 8. The summed E-state index contributed by atoms with van der Waals surface area (Å²) < 4.78 is 0. The molecular weight excluding hydrogens is 544 g/mol. The zero-order chi connectivity index (χ0) is 29.6. The molecule has 3 unspecified atom stereocenters. The van der Waals surface area contributed by atoms with Gasteiger partial charge in [-0.1, -0.05) is 24.3 Å². The fourth-order valence-electron chi connectivity index (χ4n) is 9.17. The lowest BCUT2D eigenvalue weighted by Crippen LogP contribution is -2.61. The fraction of sp³-hybridized carbons (Fsp3) is 0.636. The van der Waals surface area contributed by atoms with Crippen molar-refractivity contribution >= 4 is 17.6 Å². The fourth-order valence-corrected chi connectivity index (χ4v) is 9.17. The van der Waals surface area contributed by atoms with E-state index in [1.807, 2.05) is 11.0 Å². The van der Waals surface area contributed by atoms with E-state index in [0.717, 1.165) is 58.0 Å². The van der Waals surface area contributed by atoms with Crippen molar-refractivity contribution in [2.24, 2.45) is 17.3 Å². The van der Waals surface area contributed by atoms with Crippen molar-refractivity contribution in [1.29, 1.82) is 0 Å². The van der Waals surface area contributed by atoms with E-state index >= 15 is 0 Å². The van der Waals surface area contributed by atoms with Gasteiger partial charge in [0, 0.05) is 51.4 Å². The molecule has 2 amide bonds. The molecular formula is C33H44N6O4. The van der Waals surface area contributed by atoms with Crippen molar-refractivity contribution < 1.29 is 19.8 Å².